The molecule has 0 spiro atoms. The molecule has 1 saturated heterocycles. The summed E-state index contributed by atoms with van der Waals surface area (Å²) in [7, 11) is 0. The van der Waals surface area contributed by atoms with Crippen LogP contribution in [0.15, 0.2) is 42.5 Å². The average Bonchev–Trinajstić information content (AvgIpc) is 3.74. The summed E-state index contributed by atoms with van der Waals surface area (Å²) in [6, 6.07) is 12.8. The molecule has 4 rings (SSSR count). The van der Waals surface area contributed by atoms with Gasteiger partial charge in [0.05, 0.1) is 0 Å². The molecular formula is C31H39Cl2N3O3. The second-order valence-electron chi connectivity index (χ2n) is 11.1. The quantitative estimate of drug-likeness (QED) is 0.310. The molecular weight excluding hydrogens is 533 g/mol. The first kappa shape index (κ1) is 29.4. The van der Waals surface area contributed by atoms with Gasteiger partial charge >= 0.3 is 0 Å². The second-order valence-corrected chi connectivity index (χ2v) is 11.9. The van der Waals surface area contributed by atoms with Gasteiger partial charge in [0.1, 0.15) is 6.04 Å². The number of unbranched alkanes of at least 4 members (excludes halogenated alkanes) is 1. The Kier molecular flexibility index (Phi) is 10.3. The highest BCUT2D eigenvalue weighted by Crippen LogP contribution is 2.39. The number of hydrogen-bond acceptors (Lipinski definition) is 3. The van der Waals surface area contributed by atoms with Crippen LogP contribution in [0.4, 0.5) is 0 Å². The van der Waals surface area contributed by atoms with Gasteiger partial charge in [0.2, 0.25) is 17.7 Å². The van der Waals surface area contributed by atoms with Crippen molar-refractivity contribution in [3.8, 4) is 11.1 Å². The minimum absolute atomic E-state index is 0.0786. The van der Waals surface area contributed by atoms with Crippen LogP contribution in [-0.4, -0.2) is 35.2 Å². The summed E-state index contributed by atoms with van der Waals surface area (Å²) in [5.74, 6) is -1.21. The van der Waals surface area contributed by atoms with Crippen molar-refractivity contribution in [2.24, 2.45) is 23.5 Å². The standard InChI is InChI=1S/C31H39Cl2N3O3/c1-2-3-9-25(29(34)37)26(17-20-11-12-20)30(38)35-28-10-4-5-15-36(31(28)39)19-21-7-6-8-22(16-21)24-14-13-23(32)18-27(24)33/h6-8,13-14,16,18,20,25-26,28H,2-5,9-12,15,17,19H2,1H3,(H2,34,37)(H,35,38)/t25-,26+,28-/m0/s1. The van der Waals surface area contributed by atoms with E-state index in [9.17, 15) is 14.4 Å². The lowest BCUT2D eigenvalue weighted by molar-refractivity contribution is -0.139. The van der Waals surface area contributed by atoms with Crippen molar-refractivity contribution in [2.75, 3.05) is 6.54 Å². The van der Waals surface area contributed by atoms with Crippen LogP contribution in [0, 0.1) is 17.8 Å². The number of rotatable bonds is 12. The van der Waals surface area contributed by atoms with Crippen molar-refractivity contribution in [1.29, 1.82) is 0 Å². The molecule has 3 amide bonds. The number of nitrogens with one attached hydrogen (secondary N) is 1. The molecule has 2 aliphatic rings. The maximum atomic E-state index is 13.6. The highest BCUT2D eigenvalue weighted by molar-refractivity contribution is 6.36. The lowest BCUT2D eigenvalue weighted by atomic mass is 9.82. The molecule has 0 unspecified atom stereocenters. The molecule has 2 aromatic carbocycles. The number of likely N-dealkylation sites (tertiary alicyclic amines) is 1. The third kappa shape index (κ3) is 7.98. The summed E-state index contributed by atoms with van der Waals surface area (Å²) in [6.07, 6.45) is 7.51. The third-order valence-corrected chi connectivity index (χ3v) is 8.53. The summed E-state index contributed by atoms with van der Waals surface area (Å²) in [5, 5.41) is 4.20. The number of nitrogens with two attached hydrogens (primary N) is 1. The Morgan fingerprint density at radius 2 is 1.87 bits per heavy atom. The van der Waals surface area contributed by atoms with E-state index in [-0.39, 0.29) is 11.8 Å². The van der Waals surface area contributed by atoms with E-state index in [2.05, 4.69) is 12.2 Å². The molecule has 210 valence electrons. The van der Waals surface area contributed by atoms with Gasteiger partial charge in [-0.05, 0) is 67.3 Å². The molecule has 1 heterocycles. The number of benzene rings is 2. The Labute approximate surface area is 241 Å². The molecule has 1 saturated carbocycles. The lowest BCUT2D eigenvalue weighted by Crippen LogP contribution is -2.50. The number of halogens is 2. The van der Waals surface area contributed by atoms with Gasteiger partial charge in [-0.3, -0.25) is 14.4 Å². The van der Waals surface area contributed by atoms with Crippen molar-refractivity contribution in [1.82, 2.24) is 10.2 Å². The van der Waals surface area contributed by atoms with Gasteiger partial charge in [-0.25, -0.2) is 0 Å². The summed E-state index contributed by atoms with van der Waals surface area (Å²) in [5.41, 5.74) is 8.58. The number of amides is 3. The van der Waals surface area contributed by atoms with E-state index in [0.29, 0.717) is 48.3 Å². The number of primary amides is 1. The third-order valence-electron chi connectivity index (χ3n) is 7.98. The number of carbonyl (C=O) groups is 3. The summed E-state index contributed by atoms with van der Waals surface area (Å²) < 4.78 is 0. The molecule has 8 heteroatoms. The van der Waals surface area contributed by atoms with Crippen molar-refractivity contribution in [3.63, 3.8) is 0 Å². The van der Waals surface area contributed by atoms with Crippen LogP contribution in [-0.2, 0) is 20.9 Å². The van der Waals surface area contributed by atoms with Crippen LogP contribution in [0.1, 0.15) is 70.3 Å². The fraction of sp³-hybridized carbons (Fsp3) is 0.516. The molecule has 2 fully saturated rings. The molecule has 3 atom stereocenters. The van der Waals surface area contributed by atoms with E-state index in [1.54, 1.807) is 6.07 Å². The Bertz CT molecular complexity index is 1180. The smallest absolute Gasteiger partial charge is 0.245 e. The molecule has 3 N–H and O–H groups in total. The maximum absolute atomic E-state index is 13.6. The largest absolute Gasteiger partial charge is 0.369 e. The van der Waals surface area contributed by atoms with Crippen LogP contribution in [0.25, 0.3) is 11.1 Å². The van der Waals surface area contributed by atoms with Gasteiger partial charge in [-0.2, -0.15) is 0 Å². The fourth-order valence-corrected chi connectivity index (χ4v) is 6.11. The molecule has 1 aliphatic heterocycles. The van der Waals surface area contributed by atoms with Gasteiger partial charge in [-0.15, -0.1) is 0 Å². The van der Waals surface area contributed by atoms with E-state index >= 15 is 0 Å². The Morgan fingerprint density at radius 1 is 1.08 bits per heavy atom. The minimum Gasteiger partial charge on any atom is -0.369 e. The summed E-state index contributed by atoms with van der Waals surface area (Å²) >= 11 is 12.5. The zero-order valence-corrected chi connectivity index (χ0v) is 24.1. The molecule has 6 nitrogen and oxygen atoms in total. The fourth-order valence-electron chi connectivity index (χ4n) is 5.59. The first-order valence-corrected chi connectivity index (χ1v) is 14.9. The van der Waals surface area contributed by atoms with Gasteiger partial charge in [0, 0.05) is 40.5 Å². The molecule has 0 aromatic heterocycles. The van der Waals surface area contributed by atoms with Gasteiger partial charge in [0.15, 0.2) is 0 Å². The zero-order valence-electron chi connectivity index (χ0n) is 22.6. The van der Waals surface area contributed by atoms with E-state index in [4.69, 9.17) is 28.9 Å². The highest BCUT2D eigenvalue weighted by Gasteiger charge is 2.39. The van der Waals surface area contributed by atoms with Gasteiger partial charge in [-0.1, -0.05) is 80.1 Å². The Hall–Kier alpha value is -2.57. The Balaban J connectivity index is 1.47. The molecule has 2 aromatic rings. The second kappa shape index (κ2) is 13.7. The first-order chi connectivity index (χ1) is 18.8. The van der Waals surface area contributed by atoms with Crippen LogP contribution in [0.2, 0.25) is 10.0 Å². The molecule has 1 aliphatic carbocycles. The lowest BCUT2D eigenvalue weighted by Gasteiger charge is -2.28. The SMILES string of the molecule is CCCC[C@H](C(N)=O)[C@@H](CC1CC1)C(=O)N[C@H]1CCCCN(Cc2cccc(-c3ccc(Cl)cc3Cl)c2)C1=O. The summed E-state index contributed by atoms with van der Waals surface area (Å²) in [4.78, 5) is 41.4. The topological polar surface area (TPSA) is 92.5 Å². The van der Waals surface area contributed by atoms with E-state index in [0.717, 1.165) is 55.2 Å². The maximum Gasteiger partial charge on any atom is 0.245 e. The van der Waals surface area contributed by atoms with Crippen molar-refractivity contribution in [3.05, 3.63) is 58.1 Å². The summed E-state index contributed by atoms with van der Waals surface area (Å²) in [6.45, 7) is 3.13. The van der Waals surface area contributed by atoms with E-state index in [1.165, 1.54) is 0 Å². The van der Waals surface area contributed by atoms with Crippen LogP contribution in [0.3, 0.4) is 0 Å². The van der Waals surface area contributed by atoms with Crippen molar-refractivity contribution < 1.29 is 14.4 Å². The van der Waals surface area contributed by atoms with E-state index in [1.807, 2.05) is 41.3 Å². The molecule has 0 bridgehead atoms. The predicted octanol–water partition coefficient (Wildman–Crippen LogP) is 6.37. The Morgan fingerprint density at radius 3 is 2.56 bits per heavy atom. The first-order valence-electron chi connectivity index (χ1n) is 14.2. The number of nitrogens with zero attached hydrogens (tertiary/aromatic N) is 1. The zero-order chi connectivity index (χ0) is 27.9. The van der Waals surface area contributed by atoms with Gasteiger partial charge in [0.25, 0.3) is 0 Å². The van der Waals surface area contributed by atoms with Crippen LogP contribution in [0.5, 0.6) is 0 Å². The molecule has 39 heavy (non-hydrogen) atoms. The average molecular weight is 573 g/mol. The number of hydrogen-bond donors (Lipinski definition) is 2. The minimum atomic E-state index is -0.602. The van der Waals surface area contributed by atoms with Crippen molar-refractivity contribution in [2.45, 2.75) is 77.3 Å². The normalized spacial score (nSPS) is 19.3. The van der Waals surface area contributed by atoms with Crippen LogP contribution >= 0.6 is 23.2 Å². The van der Waals surface area contributed by atoms with Crippen LogP contribution < -0.4 is 11.1 Å². The number of carbonyl (C=O) groups excluding carboxylic acids is 3. The van der Waals surface area contributed by atoms with Crippen molar-refractivity contribution >= 4 is 40.9 Å². The molecule has 0 radical (unpaired) electrons. The highest BCUT2D eigenvalue weighted by atomic mass is 35.5. The van der Waals surface area contributed by atoms with E-state index < -0.39 is 23.8 Å². The monoisotopic (exact) mass is 571 g/mol. The van der Waals surface area contributed by atoms with Gasteiger partial charge < -0.3 is 16.0 Å². The predicted molar refractivity (Wildman–Crippen MR) is 156 cm³/mol.